The summed E-state index contributed by atoms with van der Waals surface area (Å²) in [5.74, 6) is -0.239. The van der Waals surface area contributed by atoms with Crippen LogP contribution in [0, 0.1) is 12.3 Å². The van der Waals surface area contributed by atoms with Gasteiger partial charge in [-0.1, -0.05) is 0 Å². The maximum atomic E-state index is 12.5. The van der Waals surface area contributed by atoms with Gasteiger partial charge in [-0.3, -0.25) is 4.79 Å². The fraction of sp³-hybridized carbons (Fsp3) is 0.176. The lowest BCUT2D eigenvalue weighted by atomic mass is 10.0. The minimum atomic E-state index is -0.239. The van der Waals surface area contributed by atoms with Crippen LogP contribution >= 0.6 is 0 Å². The summed E-state index contributed by atoms with van der Waals surface area (Å²) in [5, 5.41) is 13.5. The van der Waals surface area contributed by atoms with E-state index in [4.69, 9.17) is 16.9 Å². The predicted molar refractivity (Wildman–Crippen MR) is 96.4 cm³/mol. The fourth-order valence-electron chi connectivity index (χ4n) is 2.35. The van der Waals surface area contributed by atoms with Crippen LogP contribution in [0.4, 0.5) is 22.7 Å². The number of amides is 1. The number of carbonyl (C=O) groups is 1. The van der Waals surface area contributed by atoms with Gasteiger partial charge < -0.3 is 27.5 Å². The summed E-state index contributed by atoms with van der Waals surface area (Å²) in [5.41, 5.74) is 16.4. The van der Waals surface area contributed by atoms with Gasteiger partial charge in [0.05, 0.1) is 11.4 Å². The first-order chi connectivity index (χ1) is 10.8. The molecule has 7 N–H and O–H groups in total. The first-order valence-corrected chi connectivity index (χ1v) is 7.17. The van der Waals surface area contributed by atoms with Crippen LogP contribution in [-0.2, 0) is 0 Å². The van der Waals surface area contributed by atoms with E-state index in [9.17, 15) is 4.79 Å². The Labute approximate surface area is 135 Å². The quantitative estimate of drug-likeness (QED) is 0.441. The molecule has 0 saturated carbocycles. The third-order valence-corrected chi connectivity index (χ3v) is 3.63. The summed E-state index contributed by atoms with van der Waals surface area (Å²) >= 11 is 0. The Balaban J connectivity index is 2.33. The zero-order valence-corrected chi connectivity index (χ0v) is 13.4. The number of nitrogens with one attached hydrogen (secondary N) is 3. The van der Waals surface area contributed by atoms with Gasteiger partial charge in [-0.2, -0.15) is 0 Å². The van der Waals surface area contributed by atoms with E-state index >= 15 is 0 Å². The number of rotatable bonds is 4. The van der Waals surface area contributed by atoms with E-state index in [-0.39, 0.29) is 5.91 Å². The molecule has 0 unspecified atom stereocenters. The highest BCUT2D eigenvalue weighted by Crippen LogP contribution is 2.24. The molecule has 0 aliphatic heterocycles. The molecular formula is C17H21N5O. The van der Waals surface area contributed by atoms with E-state index in [1.165, 1.54) is 0 Å². The van der Waals surface area contributed by atoms with Gasteiger partial charge in [-0.05, 0) is 49.7 Å². The number of nitrogens with two attached hydrogens (primary N) is 2. The van der Waals surface area contributed by atoms with E-state index in [0.29, 0.717) is 39.6 Å². The molecule has 0 fully saturated rings. The maximum absolute atomic E-state index is 12.5. The number of aryl methyl sites for hydroxylation is 1. The number of hydrogen-bond donors (Lipinski definition) is 5. The molecule has 0 aliphatic rings. The Morgan fingerprint density at radius 3 is 2.39 bits per heavy atom. The molecular weight excluding hydrogens is 290 g/mol. The number of anilines is 4. The summed E-state index contributed by atoms with van der Waals surface area (Å²) in [7, 11) is 1.75. The monoisotopic (exact) mass is 311 g/mol. The van der Waals surface area contributed by atoms with E-state index < -0.39 is 0 Å². The lowest BCUT2D eigenvalue weighted by molar-refractivity contribution is 0.102. The third kappa shape index (κ3) is 3.42. The molecule has 120 valence electrons. The molecule has 6 heteroatoms. The topological polar surface area (TPSA) is 117 Å². The van der Waals surface area contributed by atoms with Crippen molar-refractivity contribution >= 4 is 34.4 Å². The van der Waals surface area contributed by atoms with E-state index in [1.807, 2.05) is 6.92 Å². The highest BCUT2D eigenvalue weighted by atomic mass is 16.1. The molecule has 1 amide bonds. The molecule has 0 aliphatic carbocycles. The first kappa shape index (κ1) is 16.4. The van der Waals surface area contributed by atoms with Gasteiger partial charge in [0, 0.05) is 35.3 Å². The van der Waals surface area contributed by atoms with Crippen LogP contribution in [0.25, 0.3) is 0 Å². The Bertz CT molecular complexity index is 783. The van der Waals surface area contributed by atoms with Gasteiger partial charge in [0.2, 0.25) is 0 Å². The Morgan fingerprint density at radius 1 is 1.09 bits per heavy atom. The molecule has 0 aromatic heterocycles. The standard InChI is InChI=1S/C17H21N5O/c1-9-6-15(20)16(21-3)8-12(9)17(23)22-11-4-5-14(19)13(7-11)10(2)18/h4-8,18,21H,19-20H2,1-3H3,(H,22,23). The molecule has 0 atom stereocenters. The van der Waals surface area contributed by atoms with Crippen LogP contribution in [0.1, 0.15) is 28.4 Å². The molecule has 0 spiro atoms. The van der Waals surface area contributed by atoms with Gasteiger partial charge in [0.15, 0.2) is 0 Å². The van der Waals surface area contributed by atoms with Crippen molar-refractivity contribution in [2.24, 2.45) is 0 Å². The molecule has 2 aromatic carbocycles. The van der Waals surface area contributed by atoms with E-state index in [2.05, 4.69) is 10.6 Å². The number of nitrogen functional groups attached to an aromatic ring is 2. The van der Waals surface area contributed by atoms with E-state index in [0.717, 1.165) is 5.56 Å². The number of benzene rings is 2. The molecule has 0 saturated heterocycles. The molecule has 0 heterocycles. The van der Waals surface area contributed by atoms with Crippen LogP contribution < -0.4 is 22.1 Å². The Morgan fingerprint density at radius 2 is 1.78 bits per heavy atom. The fourth-order valence-corrected chi connectivity index (χ4v) is 2.35. The zero-order chi connectivity index (χ0) is 17.1. The largest absolute Gasteiger partial charge is 0.398 e. The number of hydrogen-bond acceptors (Lipinski definition) is 5. The molecule has 0 bridgehead atoms. The summed E-state index contributed by atoms with van der Waals surface area (Å²) in [6.45, 7) is 3.49. The third-order valence-electron chi connectivity index (χ3n) is 3.63. The smallest absolute Gasteiger partial charge is 0.256 e. The van der Waals surface area contributed by atoms with Gasteiger partial charge >= 0.3 is 0 Å². The lowest BCUT2D eigenvalue weighted by Crippen LogP contribution is -2.15. The van der Waals surface area contributed by atoms with Crippen molar-refractivity contribution < 1.29 is 4.79 Å². The minimum Gasteiger partial charge on any atom is -0.398 e. The van der Waals surface area contributed by atoms with Crippen molar-refractivity contribution in [2.45, 2.75) is 13.8 Å². The molecule has 2 aromatic rings. The van der Waals surface area contributed by atoms with Gasteiger partial charge in [0.25, 0.3) is 5.91 Å². The van der Waals surface area contributed by atoms with Crippen molar-refractivity contribution in [3.8, 4) is 0 Å². The lowest BCUT2D eigenvalue weighted by Gasteiger charge is -2.13. The summed E-state index contributed by atoms with van der Waals surface area (Å²) in [6.07, 6.45) is 0. The number of carbonyl (C=O) groups excluding carboxylic acids is 1. The van der Waals surface area contributed by atoms with Crippen LogP contribution in [0.5, 0.6) is 0 Å². The SMILES string of the molecule is CNc1cc(C(=O)Nc2ccc(N)c(C(C)=N)c2)c(C)cc1N. The summed E-state index contributed by atoms with van der Waals surface area (Å²) in [6, 6.07) is 8.57. The average Bonchev–Trinajstić information content (AvgIpc) is 2.49. The second-order valence-electron chi connectivity index (χ2n) is 5.39. The van der Waals surface area contributed by atoms with Gasteiger partial charge in [-0.15, -0.1) is 0 Å². The van der Waals surface area contributed by atoms with Crippen molar-refractivity contribution in [3.63, 3.8) is 0 Å². The van der Waals surface area contributed by atoms with Crippen molar-refractivity contribution in [3.05, 3.63) is 47.0 Å². The van der Waals surface area contributed by atoms with Gasteiger partial charge in [-0.25, -0.2) is 0 Å². The second kappa shape index (κ2) is 6.39. The molecule has 0 radical (unpaired) electrons. The molecule has 2 rings (SSSR count). The molecule has 23 heavy (non-hydrogen) atoms. The van der Waals surface area contributed by atoms with Crippen LogP contribution in [0.15, 0.2) is 30.3 Å². The Hall–Kier alpha value is -3.02. The van der Waals surface area contributed by atoms with Crippen LogP contribution in [-0.4, -0.2) is 18.7 Å². The van der Waals surface area contributed by atoms with E-state index in [1.54, 1.807) is 44.3 Å². The Kier molecular flexibility index (Phi) is 4.55. The normalized spacial score (nSPS) is 10.2. The summed E-state index contributed by atoms with van der Waals surface area (Å²) < 4.78 is 0. The maximum Gasteiger partial charge on any atom is 0.256 e. The van der Waals surface area contributed by atoms with Crippen LogP contribution in [0.3, 0.4) is 0 Å². The predicted octanol–water partition coefficient (Wildman–Crippen LogP) is 2.84. The second-order valence-corrected chi connectivity index (χ2v) is 5.39. The van der Waals surface area contributed by atoms with Crippen molar-refractivity contribution in [1.29, 1.82) is 5.41 Å². The first-order valence-electron chi connectivity index (χ1n) is 7.17. The van der Waals surface area contributed by atoms with Crippen LogP contribution in [0.2, 0.25) is 0 Å². The summed E-state index contributed by atoms with van der Waals surface area (Å²) in [4.78, 5) is 12.5. The highest BCUT2D eigenvalue weighted by Gasteiger charge is 2.13. The average molecular weight is 311 g/mol. The minimum absolute atomic E-state index is 0.239. The zero-order valence-electron chi connectivity index (χ0n) is 13.4. The van der Waals surface area contributed by atoms with Crippen molar-refractivity contribution in [2.75, 3.05) is 29.1 Å². The molecule has 6 nitrogen and oxygen atoms in total. The van der Waals surface area contributed by atoms with Crippen molar-refractivity contribution in [1.82, 2.24) is 0 Å². The van der Waals surface area contributed by atoms with Gasteiger partial charge in [0.1, 0.15) is 0 Å². The highest BCUT2D eigenvalue weighted by molar-refractivity contribution is 6.08.